The Kier molecular flexibility index (Phi) is 1.97. The number of rotatable bonds is 1. The molecule has 1 aliphatic heterocycles. The summed E-state index contributed by atoms with van der Waals surface area (Å²) in [5, 5.41) is 0. The zero-order valence-corrected chi connectivity index (χ0v) is 6.76. The highest BCUT2D eigenvalue weighted by Gasteiger charge is 2.33. The van der Waals surface area contributed by atoms with Gasteiger partial charge in [0.15, 0.2) is 0 Å². The van der Waals surface area contributed by atoms with Gasteiger partial charge in [0.25, 0.3) is 0 Å². The molecule has 0 aliphatic carbocycles. The van der Waals surface area contributed by atoms with Crippen LogP contribution in [-0.2, 0) is 9.53 Å². The highest BCUT2D eigenvalue weighted by atomic mass is 16.5. The van der Waals surface area contributed by atoms with Crippen molar-refractivity contribution in [3.8, 4) is 0 Å². The molecule has 1 rings (SSSR count). The molecule has 2 atom stereocenters. The van der Waals surface area contributed by atoms with Crippen molar-refractivity contribution in [3.05, 3.63) is 0 Å². The Morgan fingerprint density at radius 1 is 1.60 bits per heavy atom. The first-order valence-corrected chi connectivity index (χ1v) is 3.80. The van der Waals surface area contributed by atoms with Gasteiger partial charge in [-0.3, -0.25) is 4.79 Å². The van der Waals surface area contributed by atoms with Crippen LogP contribution in [0.5, 0.6) is 0 Å². The number of carbonyl (C=O) groups is 1. The van der Waals surface area contributed by atoms with Crippen molar-refractivity contribution in [2.45, 2.75) is 33.3 Å². The summed E-state index contributed by atoms with van der Waals surface area (Å²) in [5.41, 5.74) is 0. The van der Waals surface area contributed by atoms with Crippen LogP contribution in [0.4, 0.5) is 0 Å². The Bertz CT molecular complexity index is 140. The normalized spacial score (nSPS) is 33.0. The maximum absolute atomic E-state index is 10.7. The molecule has 0 radical (unpaired) electrons. The van der Waals surface area contributed by atoms with E-state index in [1.807, 2.05) is 6.92 Å². The van der Waals surface area contributed by atoms with Gasteiger partial charge >= 0.3 is 5.97 Å². The first kappa shape index (κ1) is 7.58. The molecule has 0 spiro atoms. The summed E-state index contributed by atoms with van der Waals surface area (Å²) in [6, 6.07) is 0. The smallest absolute Gasteiger partial charge is 0.306 e. The maximum atomic E-state index is 10.7. The lowest BCUT2D eigenvalue weighted by Gasteiger charge is -2.15. The molecule has 0 N–H and O–H groups in total. The van der Waals surface area contributed by atoms with Crippen LogP contribution in [0.2, 0.25) is 0 Å². The number of ether oxygens (including phenoxy) is 1. The van der Waals surface area contributed by atoms with E-state index in [1.165, 1.54) is 0 Å². The quantitative estimate of drug-likeness (QED) is 0.520. The van der Waals surface area contributed by atoms with Crippen LogP contribution in [0.15, 0.2) is 0 Å². The molecule has 2 nitrogen and oxygen atoms in total. The minimum Gasteiger partial charge on any atom is -0.462 e. The van der Waals surface area contributed by atoms with Gasteiger partial charge in [-0.15, -0.1) is 0 Å². The monoisotopic (exact) mass is 142 g/mol. The van der Waals surface area contributed by atoms with Gasteiger partial charge in [0.1, 0.15) is 6.10 Å². The molecule has 58 valence electrons. The summed E-state index contributed by atoms with van der Waals surface area (Å²) >= 11 is 0. The predicted octanol–water partition coefficient (Wildman–Crippen LogP) is 1.59. The second kappa shape index (κ2) is 2.60. The van der Waals surface area contributed by atoms with Gasteiger partial charge in [0.2, 0.25) is 0 Å². The Morgan fingerprint density at radius 3 is 2.40 bits per heavy atom. The summed E-state index contributed by atoms with van der Waals surface area (Å²) in [5.74, 6) is 0.958. The SMILES string of the molecule is CC(C)[C@H]1CC(=O)O[C@H]1C. The van der Waals surface area contributed by atoms with Gasteiger partial charge in [-0.05, 0) is 12.8 Å². The molecular formula is C8H14O2. The van der Waals surface area contributed by atoms with E-state index in [0.717, 1.165) is 0 Å². The fourth-order valence-electron chi connectivity index (χ4n) is 1.48. The fourth-order valence-corrected chi connectivity index (χ4v) is 1.48. The number of carbonyl (C=O) groups excluding carboxylic acids is 1. The van der Waals surface area contributed by atoms with E-state index in [2.05, 4.69) is 13.8 Å². The van der Waals surface area contributed by atoms with Crippen LogP contribution in [0, 0.1) is 11.8 Å². The summed E-state index contributed by atoms with van der Waals surface area (Å²) < 4.78 is 5.00. The Hall–Kier alpha value is -0.530. The summed E-state index contributed by atoms with van der Waals surface area (Å²) in [7, 11) is 0. The lowest BCUT2D eigenvalue weighted by atomic mass is 9.90. The van der Waals surface area contributed by atoms with Gasteiger partial charge in [-0.1, -0.05) is 13.8 Å². The van der Waals surface area contributed by atoms with E-state index in [-0.39, 0.29) is 12.1 Å². The van der Waals surface area contributed by atoms with Gasteiger partial charge in [0, 0.05) is 5.92 Å². The van der Waals surface area contributed by atoms with Crippen LogP contribution < -0.4 is 0 Å². The van der Waals surface area contributed by atoms with E-state index in [0.29, 0.717) is 18.3 Å². The van der Waals surface area contributed by atoms with Gasteiger partial charge in [-0.25, -0.2) is 0 Å². The van der Waals surface area contributed by atoms with Crippen molar-refractivity contribution in [3.63, 3.8) is 0 Å². The van der Waals surface area contributed by atoms with E-state index in [1.54, 1.807) is 0 Å². The van der Waals surface area contributed by atoms with Crippen LogP contribution in [0.1, 0.15) is 27.2 Å². The molecule has 0 aromatic heterocycles. The summed E-state index contributed by atoms with van der Waals surface area (Å²) in [6.45, 7) is 6.22. The molecule has 0 unspecified atom stereocenters. The zero-order chi connectivity index (χ0) is 7.72. The number of hydrogen-bond acceptors (Lipinski definition) is 2. The molecule has 0 saturated carbocycles. The lowest BCUT2D eigenvalue weighted by molar-refractivity contribution is -0.140. The molecule has 0 amide bonds. The molecule has 0 bridgehead atoms. The molecule has 1 aliphatic rings. The second-order valence-corrected chi connectivity index (χ2v) is 3.31. The Morgan fingerprint density at radius 2 is 2.20 bits per heavy atom. The van der Waals surface area contributed by atoms with Crippen LogP contribution in [0.3, 0.4) is 0 Å². The van der Waals surface area contributed by atoms with Gasteiger partial charge < -0.3 is 4.74 Å². The Balaban J connectivity index is 2.54. The molecule has 0 aromatic rings. The highest BCUT2D eigenvalue weighted by molar-refractivity contribution is 5.72. The Labute approximate surface area is 61.6 Å². The third kappa shape index (κ3) is 1.31. The zero-order valence-electron chi connectivity index (χ0n) is 6.76. The number of cyclic esters (lactones) is 1. The average Bonchev–Trinajstić information content (AvgIpc) is 2.10. The fraction of sp³-hybridized carbons (Fsp3) is 0.875. The molecular weight excluding hydrogens is 128 g/mol. The second-order valence-electron chi connectivity index (χ2n) is 3.31. The topological polar surface area (TPSA) is 26.3 Å². The third-order valence-corrected chi connectivity index (χ3v) is 2.18. The van der Waals surface area contributed by atoms with Crippen molar-refractivity contribution < 1.29 is 9.53 Å². The van der Waals surface area contributed by atoms with Crippen molar-refractivity contribution in [2.75, 3.05) is 0 Å². The van der Waals surface area contributed by atoms with E-state index < -0.39 is 0 Å². The molecule has 0 aromatic carbocycles. The third-order valence-electron chi connectivity index (χ3n) is 2.18. The van der Waals surface area contributed by atoms with Gasteiger partial charge in [-0.2, -0.15) is 0 Å². The molecule has 1 fully saturated rings. The van der Waals surface area contributed by atoms with Crippen molar-refractivity contribution >= 4 is 5.97 Å². The standard InChI is InChI=1S/C8H14O2/c1-5(2)7-4-8(9)10-6(7)3/h5-7H,4H2,1-3H3/t6-,7+/m0/s1. The van der Waals surface area contributed by atoms with Crippen molar-refractivity contribution in [1.82, 2.24) is 0 Å². The summed E-state index contributed by atoms with van der Waals surface area (Å²) in [4.78, 5) is 10.7. The molecule has 1 saturated heterocycles. The number of hydrogen-bond donors (Lipinski definition) is 0. The average molecular weight is 142 g/mol. The minimum atomic E-state index is -0.0359. The first-order valence-electron chi connectivity index (χ1n) is 3.80. The van der Waals surface area contributed by atoms with Crippen LogP contribution in [0.25, 0.3) is 0 Å². The first-order chi connectivity index (χ1) is 4.61. The highest BCUT2D eigenvalue weighted by Crippen LogP contribution is 2.28. The predicted molar refractivity (Wildman–Crippen MR) is 38.5 cm³/mol. The van der Waals surface area contributed by atoms with Crippen molar-refractivity contribution in [2.24, 2.45) is 11.8 Å². The minimum absolute atomic E-state index is 0.0359. The molecule has 10 heavy (non-hydrogen) atoms. The van der Waals surface area contributed by atoms with Gasteiger partial charge in [0.05, 0.1) is 6.42 Å². The van der Waals surface area contributed by atoms with Crippen LogP contribution in [-0.4, -0.2) is 12.1 Å². The largest absolute Gasteiger partial charge is 0.462 e. The van der Waals surface area contributed by atoms with E-state index in [4.69, 9.17) is 4.74 Å². The van der Waals surface area contributed by atoms with Crippen LogP contribution >= 0.6 is 0 Å². The molecule has 1 heterocycles. The van der Waals surface area contributed by atoms with E-state index >= 15 is 0 Å². The summed E-state index contributed by atoms with van der Waals surface area (Å²) in [6.07, 6.45) is 0.742. The maximum Gasteiger partial charge on any atom is 0.306 e. The lowest BCUT2D eigenvalue weighted by Crippen LogP contribution is -2.16. The molecule has 2 heteroatoms. The van der Waals surface area contributed by atoms with E-state index in [9.17, 15) is 4.79 Å². The number of esters is 1. The van der Waals surface area contributed by atoms with Crippen molar-refractivity contribution in [1.29, 1.82) is 0 Å².